The first-order valence-electron chi connectivity index (χ1n) is 10.0. The van der Waals surface area contributed by atoms with Gasteiger partial charge < -0.3 is 10.1 Å². The summed E-state index contributed by atoms with van der Waals surface area (Å²) in [5, 5.41) is 2.94. The Bertz CT molecular complexity index is 1190. The zero-order valence-electron chi connectivity index (χ0n) is 17.4. The van der Waals surface area contributed by atoms with Gasteiger partial charge in [0.05, 0.1) is 13.2 Å². The number of thiophene rings is 1. The van der Waals surface area contributed by atoms with Crippen LogP contribution in [0.2, 0.25) is 0 Å². The molecular formula is C23H24N2O4S2. The molecule has 0 bridgehead atoms. The third-order valence-electron chi connectivity index (χ3n) is 5.21. The summed E-state index contributed by atoms with van der Waals surface area (Å²) >= 11 is 1.24. The van der Waals surface area contributed by atoms with E-state index in [1.165, 1.54) is 15.6 Å². The van der Waals surface area contributed by atoms with E-state index in [2.05, 4.69) is 5.32 Å². The Morgan fingerprint density at radius 2 is 1.71 bits per heavy atom. The summed E-state index contributed by atoms with van der Waals surface area (Å²) in [7, 11) is -3.50. The highest BCUT2D eigenvalue weighted by Crippen LogP contribution is 2.32. The first-order chi connectivity index (χ1) is 14.8. The molecule has 2 heterocycles. The molecule has 3 aromatic rings. The van der Waals surface area contributed by atoms with Crippen LogP contribution in [0.3, 0.4) is 0 Å². The summed E-state index contributed by atoms with van der Waals surface area (Å²) in [6.07, 6.45) is 0. The highest BCUT2D eigenvalue weighted by molar-refractivity contribution is 7.91. The summed E-state index contributed by atoms with van der Waals surface area (Å²) in [6.45, 7) is 5.57. The number of rotatable bonds is 5. The minimum absolute atomic E-state index is 0.180. The molecule has 1 amide bonds. The molecule has 0 atom stereocenters. The van der Waals surface area contributed by atoms with Crippen LogP contribution in [-0.2, 0) is 14.8 Å². The smallest absolute Gasteiger partial charge is 0.255 e. The number of nitrogens with zero attached hydrogens (tertiary/aromatic N) is 1. The molecule has 1 aliphatic rings. The van der Waals surface area contributed by atoms with Crippen molar-refractivity contribution >= 4 is 33.0 Å². The lowest BCUT2D eigenvalue weighted by Gasteiger charge is -2.25. The van der Waals surface area contributed by atoms with E-state index in [-0.39, 0.29) is 5.91 Å². The normalized spacial score (nSPS) is 15.0. The molecule has 1 aromatic heterocycles. The molecule has 1 saturated heterocycles. The van der Waals surface area contributed by atoms with E-state index in [1.54, 1.807) is 18.2 Å². The zero-order chi connectivity index (χ0) is 22.0. The summed E-state index contributed by atoms with van der Waals surface area (Å²) in [4.78, 5) is 13.4. The van der Waals surface area contributed by atoms with Crippen LogP contribution in [0.25, 0.3) is 10.4 Å². The lowest BCUT2D eigenvalue weighted by Crippen LogP contribution is -2.40. The average Bonchev–Trinajstić information content (AvgIpc) is 3.28. The number of hydrogen-bond donors (Lipinski definition) is 1. The van der Waals surface area contributed by atoms with Crippen LogP contribution < -0.4 is 5.32 Å². The maximum absolute atomic E-state index is 12.8. The van der Waals surface area contributed by atoms with Gasteiger partial charge in [0.1, 0.15) is 4.21 Å². The van der Waals surface area contributed by atoms with Crippen molar-refractivity contribution < 1.29 is 17.9 Å². The monoisotopic (exact) mass is 456 g/mol. The second kappa shape index (κ2) is 8.92. The van der Waals surface area contributed by atoms with Crippen LogP contribution in [0.5, 0.6) is 0 Å². The van der Waals surface area contributed by atoms with Crippen molar-refractivity contribution in [3.8, 4) is 10.4 Å². The number of ether oxygens (including phenoxy) is 1. The molecule has 4 rings (SSSR count). The van der Waals surface area contributed by atoms with Gasteiger partial charge in [-0.3, -0.25) is 4.79 Å². The van der Waals surface area contributed by atoms with Crippen LogP contribution in [0, 0.1) is 13.8 Å². The summed E-state index contributed by atoms with van der Waals surface area (Å²) < 4.78 is 32.7. The van der Waals surface area contributed by atoms with Gasteiger partial charge in [-0.05, 0) is 55.3 Å². The van der Waals surface area contributed by atoms with Crippen molar-refractivity contribution in [1.82, 2.24) is 4.31 Å². The summed E-state index contributed by atoms with van der Waals surface area (Å²) in [5.74, 6) is -0.180. The second-order valence-corrected chi connectivity index (χ2v) is 10.7. The minimum Gasteiger partial charge on any atom is -0.379 e. The van der Waals surface area contributed by atoms with Crippen molar-refractivity contribution in [1.29, 1.82) is 0 Å². The Labute approximate surface area is 186 Å². The molecule has 1 fully saturated rings. The Morgan fingerprint density at radius 1 is 1.00 bits per heavy atom. The highest BCUT2D eigenvalue weighted by Gasteiger charge is 2.27. The lowest BCUT2D eigenvalue weighted by atomic mass is 10.1. The molecule has 31 heavy (non-hydrogen) atoms. The third kappa shape index (κ3) is 4.72. The van der Waals surface area contributed by atoms with Gasteiger partial charge in [-0.15, -0.1) is 11.3 Å². The van der Waals surface area contributed by atoms with Gasteiger partial charge in [-0.25, -0.2) is 8.42 Å². The van der Waals surface area contributed by atoms with Crippen LogP contribution in [0.4, 0.5) is 5.69 Å². The lowest BCUT2D eigenvalue weighted by molar-refractivity contribution is 0.0731. The van der Waals surface area contributed by atoms with E-state index in [0.717, 1.165) is 27.3 Å². The zero-order valence-corrected chi connectivity index (χ0v) is 19.1. The van der Waals surface area contributed by atoms with Crippen molar-refractivity contribution in [3.63, 3.8) is 0 Å². The fourth-order valence-electron chi connectivity index (χ4n) is 3.46. The molecule has 162 valence electrons. The van der Waals surface area contributed by atoms with Gasteiger partial charge in [0.15, 0.2) is 0 Å². The van der Waals surface area contributed by atoms with Gasteiger partial charge in [0, 0.05) is 29.2 Å². The van der Waals surface area contributed by atoms with Crippen molar-refractivity contribution in [2.75, 3.05) is 31.6 Å². The number of carbonyl (C=O) groups is 1. The first-order valence-corrected chi connectivity index (χ1v) is 12.3. The van der Waals surface area contributed by atoms with Gasteiger partial charge in [0.25, 0.3) is 15.9 Å². The third-order valence-corrected chi connectivity index (χ3v) is 8.71. The van der Waals surface area contributed by atoms with Gasteiger partial charge in [-0.2, -0.15) is 4.31 Å². The molecule has 0 saturated carbocycles. The Kier molecular flexibility index (Phi) is 6.24. The average molecular weight is 457 g/mol. The first kappa shape index (κ1) is 21.7. The molecule has 2 aromatic carbocycles. The largest absolute Gasteiger partial charge is 0.379 e. The number of carbonyl (C=O) groups excluding carboxylic acids is 1. The fourth-order valence-corrected chi connectivity index (χ4v) is 6.34. The topological polar surface area (TPSA) is 75.7 Å². The molecule has 1 aliphatic heterocycles. The number of aryl methyl sites for hydroxylation is 2. The maximum atomic E-state index is 12.8. The van der Waals surface area contributed by atoms with E-state index >= 15 is 0 Å². The quantitative estimate of drug-likeness (QED) is 0.621. The van der Waals surface area contributed by atoms with E-state index in [4.69, 9.17) is 4.74 Å². The van der Waals surface area contributed by atoms with Gasteiger partial charge >= 0.3 is 0 Å². The molecule has 1 N–H and O–H groups in total. The number of nitrogens with one attached hydrogen (secondary N) is 1. The number of hydrogen-bond acceptors (Lipinski definition) is 5. The van der Waals surface area contributed by atoms with Gasteiger partial charge in [0.2, 0.25) is 0 Å². The van der Waals surface area contributed by atoms with E-state index in [0.29, 0.717) is 36.1 Å². The van der Waals surface area contributed by atoms with E-state index in [1.807, 2.05) is 50.2 Å². The number of anilines is 1. The molecule has 0 radical (unpaired) electrons. The summed E-state index contributed by atoms with van der Waals surface area (Å²) in [5.41, 5.74) is 4.36. The molecule has 0 spiro atoms. The molecular weight excluding hydrogens is 432 g/mol. The maximum Gasteiger partial charge on any atom is 0.255 e. The second-order valence-electron chi connectivity index (χ2n) is 7.48. The molecule has 6 nitrogen and oxygen atoms in total. The molecule has 0 aliphatic carbocycles. The van der Waals surface area contributed by atoms with Crippen molar-refractivity contribution in [3.05, 3.63) is 71.3 Å². The Morgan fingerprint density at radius 3 is 2.39 bits per heavy atom. The van der Waals surface area contributed by atoms with E-state index < -0.39 is 10.0 Å². The number of amides is 1. The highest BCUT2D eigenvalue weighted by atomic mass is 32.2. The van der Waals surface area contributed by atoms with E-state index in [9.17, 15) is 13.2 Å². The fraction of sp³-hybridized carbons (Fsp3) is 0.261. The Hall–Kier alpha value is -2.52. The predicted molar refractivity (Wildman–Crippen MR) is 123 cm³/mol. The van der Waals surface area contributed by atoms with Crippen molar-refractivity contribution in [2.24, 2.45) is 0 Å². The number of sulfonamides is 1. The standard InChI is InChI=1S/C23H24N2O4S2/c1-16-3-8-20(17(2)15-16)24-23(26)19-6-4-18(5-7-19)21-9-10-22(30-21)31(27,28)25-11-13-29-14-12-25/h3-10,15H,11-14H2,1-2H3,(H,24,26). The summed E-state index contributed by atoms with van der Waals surface area (Å²) in [6, 6.07) is 16.5. The van der Waals surface area contributed by atoms with Crippen LogP contribution >= 0.6 is 11.3 Å². The SMILES string of the molecule is Cc1ccc(NC(=O)c2ccc(-c3ccc(S(=O)(=O)N4CCOCC4)s3)cc2)c(C)c1. The molecule has 0 unspecified atom stereocenters. The van der Waals surface area contributed by atoms with Crippen LogP contribution in [-0.4, -0.2) is 44.9 Å². The van der Waals surface area contributed by atoms with Crippen LogP contribution in [0.15, 0.2) is 58.8 Å². The Balaban J connectivity index is 1.49. The minimum atomic E-state index is -3.50. The predicted octanol–water partition coefficient (Wildman–Crippen LogP) is 4.31. The van der Waals surface area contributed by atoms with Gasteiger partial charge in [-0.1, -0.05) is 29.8 Å². The molecule has 8 heteroatoms. The van der Waals surface area contributed by atoms with Crippen molar-refractivity contribution in [2.45, 2.75) is 18.1 Å². The number of morpholine rings is 1. The number of benzene rings is 2. The van der Waals surface area contributed by atoms with Crippen LogP contribution in [0.1, 0.15) is 21.5 Å².